The Hall–Kier alpha value is -0.920. The largest absolute Gasteiger partial charge is 1.00 e. The van der Waals surface area contributed by atoms with Crippen LogP contribution in [-0.2, 0) is 14.9 Å². The van der Waals surface area contributed by atoms with Gasteiger partial charge in [-0.25, -0.2) is 13.2 Å². The molecule has 0 saturated heterocycles. The molecule has 0 aliphatic heterocycles. The van der Waals surface area contributed by atoms with Crippen LogP contribution in [0.4, 0.5) is 10.5 Å². The van der Waals surface area contributed by atoms with Crippen molar-refractivity contribution in [3.05, 3.63) is 22.7 Å². The molecular weight excluding hydrogens is 377 g/mol. The summed E-state index contributed by atoms with van der Waals surface area (Å²) < 4.78 is 33.0. The maximum absolute atomic E-state index is 11.6. The maximum atomic E-state index is 11.6. The third-order valence-corrected chi connectivity index (χ3v) is 3.86. The molecule has 1 rings (SSSR count). The van der Waals surface area contributed by atoms with E-state index in [4.69, 9.17) is 22.4 Å². The number of carbonyl (C=O) groups is 2. The van der Waals surface area contributed by atoms with E-state index >= 15 is 0 Å². The number of rotatable bonds is 5. The van der Waals surface area contributed by atoms with E-state index in [-0.39, 0.29) is 52.3 Å². The smallest absolute Gasteiger partial charge is 0.744 e. The van der Waals surface area contributed by atoms with E-state index in [1.54, 1.807) is 0 Å². The zero-order valence-corrected chi connectivity index (χ0v) is 16.4. The molecule has 0 radical (unpaired) electrons. The minimum Gasteiger partial charge on any atom is -0.744 e. The number of hydrogen-bond acceptors (Lipinski definition) is 6. The second kappa shape index (κ2) is 10.2. The molecule has 0 fully saturated rings. The SMILES string of the molecule is Cc1c(Cl)cc(S(=O)(=O)[O-])cc1NC(=O)NC[C@H](N)C(=O)O.O.[Na+]. The molecule has 1 aromatic rings. The molecule has 2 amide bonds. The summed E-state index contributed by atoms with van der Waals surface area (Å²) in [5.74, 6) is -1.29. The summed E-state index contributed by atoms with van der Waals surface area (Å²) in [6.45, 7) is 1.16. The monoisotopic (exact) mass is 391 g/mol. The first-order chi connectivity index (χ1) is 10.0. The number of carboxylic acids is 1. The van der Waals surface area contributed by atoms with E-state index in [9.17, 15) is 22.6 Å². The van der Waals surface area contributed by atoms with Gasteiger partial charge in [-0.3, -0.25) is 4.79 Å². The summed E-state index contributed by atoms with van der Waals surface area (Å²) in [6, 6.07) is -0.178. The van der Waals surface area contributed by atoms with Gasteiger partial charge in [0, 0.05) is 17.3 Å². The Morgan fingerprint density at radius 3 is 2.42 bits per heavy atom. The normalized spacial score (nSPS) is 11.5. The molecular formula is C11H15ClN3NaO7S. The molecule has 0 heterocycles. The van der Waals surface area contributed by atoms with Crippen LogP contribution in [0.1, 0.15) is 5.56 Å². The number of nitrogens with one attached hydrogen (secondary N) is 2. The Kier molecular flexibility index (Phi) is 10.7. The van der Waals surface area contributed by atoms with Crippen molar-refractivity contribution in [2.45, 2.75) is 17.9 Å². The topological polar surface area (TPSA) is 193 Å². The van der Waals surface area contributed by atoms with Crippen LogP contribution in [0.3, 0.4) is 0 Å². The van der Waals surface area contributed by atoms with E-state index in [0.29, 0.717) is 5.56 Å². The Morgan fingerprint density at radius 2 is 1.96 bits per heavy atom. The molecule has 1 aromatic carbocycles. The van der Waals surface area contributed by atoms with E-state index in [2.05, 4.69) is 10.6 Å². The summed E-state index contributed by atoms with van der Waals surface area (Å²) in [7, 11) is -4.74. The number of benzene rings is 1. The number of anilines is 1. The number of aliphatic carboxylic acids is 1. The second-order valence-corrected chi connectivity index (χ2v) is 6.10. The van der Waals surface area contributed by atoms with Gasteiger partial charge in [-0.2, -0.15) is 0 Å². The molecule has 24 heavy (non-hydrogen) atoms. The number of nitrogens with two attached hydrogens (primary N) is 1. The first kappa shape index (κ1) is 25.3. The van der Waals surface area contributed by atoms with Gasteiger partial charge >= 0.3 is 41.6 Å². The number of halogens is 1. The van der Waals surface area contributed by atoms with Crippen molar-refractivity contribution in [3.8, 4) is 0 Å². The predicted molar refractivity (Wildman–Crippen MR) is 80.4 cm³/mol. The Labute approximate surface area is 165 Å². The Balaban J connectivity index is 0. The minimum absolute atomic E-state index is 0. The van der Waals surface area contributed by atoms with E-state index in [0.717, 1.165) is 12.1 Å². The van der Waals surface area contributed by atoms with Gasteiger partial charge in [-0.1, -0.05) is 11.6 Å². The van der Waals surface area contributed by atoms with Crippen LogP contribution in [0, 0.1) is 6.92 Å². The fourth-order valence-corrected chi connectivity index (χ4v) is 2.19. The first-order valence-electron chi connectivity index (χ1n) is 5.81. The summed E-state index contributed by atoms with van der Waals surface area (Å²) in [4.78, 5) is 21.5. The molecule has 0 aromatic heterocycles. The van der Waals surface area contributed by atoms with E-state index in [1.807, 2.05) is 0 Å². The summed E-state index contributed by atoms with van der Waals surface area (Å²) in [5.41, 5.74) is 5.55. The number of urea groups is 1. The molecule has 7 N–H and O–H groups in total. The molecule has 1 atom stereocenters. The Morgan fingerprint density at radius 1 is 1.42 bits per heavy atom. The van der Waals surface area contributed by atoms with E-state index in [1.165, 1.54) is 6.92 Å². The third-order valence-electron chi connectivity index (χ3n) is 2.65. The van der Waals surface area contributed by atoms with Gasteiger partial charge in [0.05, 0.1) is 4.90 Å². The average molecular weight is 392 g/mol. The summed E-state index contributed by atoms with van der Waals surface area (Å²) in [5, 5.41) is 13.0. The van der Waals surface area contributed by atoms with Gasteiger partial charge in [0.2, 0.25) is 0 Å². The minimum atomic E-state index is -4.74. The van der Waals surface area contributed by atoms with Gasteiger partial charge in [-0.05, 0) is 24.6 Å². The molecule has 0 unspecified atom stereocenters. The van der Waals surface area contributed by atoms with Gasteiger partial charge < -0.3 is 31.5 Å². The number of amides is 2. The molecule has 0 aliphatic rings. The predicted octanol–water partition coefficient (Wildman–Crippen LogP) is -3.73. The maximum Gasteiger partial charge on any atom is 1.00 e. The molecule has 0 bridgehead atoms. The summed E-state index contributed by atoms with van der Waals surface area (Å²) >= 11 is 5.80. The standard InChI is InChI=1S/C11H14ClN3O6S.Na.H2O/c1-5-7(12)2-6(22(19,20)21)3-9(5)15-11(18)14-4-8(13)10(16)17;;/h2-3,8H,4,13H2,1H3,(H,16,17)(H2,14,15,18)(H,19,20,21);;1H2/q;+1;/p-1/t8-;;/m0../s1. The first-order valence-corrected chi connectivity index (χ1v) is 7.60. The zero-order chi connectivity index (χ0) is 17.1. The molecule has 0 aliphatic carbocycles. The van der Waals surface area contributed by atoms with Crippen molar-refractivity contribution in [1.29, 1.82) is 0 Å². The van der Waals surface area contributed by atoms with Gasteiger partial charge in [0.15, 0.2) is 0 Å². The second-order valence-electron chi connectivity index (χ2n) is 4.31. The number of carbonyl (C=O) groups excluding carboxylic acids is 1. The third kappa shape index (κ3) is 7.32. The average Bonchev–Trinajstić information content (AvgIpc) is 2.39. The van der Waals surface area contributed by atoms with Crippen LogP contribution in [0.2, 0.25) is 5.02 Å². The zero-order valence-electron chi connectivity index (χ0n) is 12.8. The molecule has 0 spiro atoms. The van der Waals surface area contributed by atoms with Crippen LogP contribution >= 0.6 is 11.6 Å². The number of hydrogen-bond donors (Lipinski definition) is 4. The molecule has 130 valence electrons. The fraction of sp³-hybridized carbons (Fsp3) is 0.273. The van der Waals surface area contributed by atoms with Crippen molar-refractivity contribution in [1.82, 2.24) is 5.32 Å². The van der Waals surface area contributed by atoms with Crippen molar-refractivity contribution >= 4 is 39.4 Å². The van der Waals surface area contributed by atoms with Crippen molar-refractivity contribution in [3.63, 3.8) is 0 Å². The fourth-order valence-electron chi connectivity index (χ4n) is 1.38. The van der Waals surface area contributed by atoms with Gasteiger partial charge in [0.25, 0.3) is 0 Å². The van der Waals surface area contributed by atoms with Crippen LogP contribution in [-0.4, -0.2) is 48.1 Å². The molecule has 13 heteroatoms. The van der Waals surface area contributed by atoms with Crippen LogP contribution in [0.5, 0.6) is 0 Å². The van der Waals surface area contributed by atoms with Crippen molar-refractivity contribution in [2.24, 2.45) is 5.73 Å². The summed E-state index contributed by atoms with van der Waals surface area (Å²) in [6.07, 6.45) is 0. The van der Waals surface area contributed by atoms with Crippen LogP contribution in [0.15, 0.2) is 17.0 Å². The number of carboxylic acid groups (broad SMARTS) is 1. The molecule has 0 saturated carbocycles. The van der Waals surface area contributed by atoms with Crippen LogP contribution < -0.4 is 45.9 Å². The van der Waals surface area contributed by atoms with Gasteiger partial charge in [0.1, 0.15) is 16.2 Å². The van der Waals surface area contributed by atoms with Gasteiger partial charge in [-0.15, -0.1) is 0 Å². The quantitative estimate of drug-likeness (QED) is 0.292. The van der Waals surface area contributed by atoms with E-state index < -0.39 is 33.1 Å². The van der Waals surface area contributed by atoms with Crippen molar-refractivity contribution in [2.75, 3.05) is 11.9 Å². The van der Waals surface area contributed by atoms with Crippen LogP contribution in [0.25, 0.3) is 0 Å². The van der Waals surface area contributed by atoms with Crippen molar-refractivity contribution < 1.29 is 62.7 Å². The molecule has 10 nitrogen and oxygen atoms in total. The Bertz CT molecular complexity index is 714.